The fourth-order valence-corrected chi connectivity index (χ4v) is 2.91. The summed E-state index contributed by atoms with van der Waals surface area (Å²) in [5, 5.41) is 19.1. The molecule has 1 aliphatic rings. The minimum Gasteiger partial charge on any atom is -0.453 e. The van der Waals surface area contributed by atoms with Crippen LogP contribution in [0.3, 0.4) is 0 Å². The average Bonchev–Trinajstić information content (AvgIpc) is 2.65. The van der Waals surface area contributed by atoms with E-state index in [1.807, 2.05) is 53.4 Å². The molecular weight excluding hydrogens is 298 g/mol. The first kappa shape index (κ1) is 13.9. The molecule has 0 amide bonds. The number of para-hydroxylation sites is 5. The first-order valence-corrected chi connectivity index (χ1v) is 7.42. The molecule has 0 atom stereocenters. The van der Waals surface area contributed by atoms with E-state index in [1.54, 1.807) is 18.2 Å². The number of nitrogens with zero attached hydrogens (tertiary/aromatic N) is 3. The minimum absolute atomic E-state index is 0.445. The van der Waals surface area contributed by atoms with Gasteiger partial charge in [-0.15, -0.1) is 0 Å². The zero-order valence-corrected chi connectivity index (χ0v) is 12.6. The minimum atomic E-state index is 0.445. The zero-order chi connectivity index (χ0) is 16.5. The van der Waals surface area contributed by atoms with Gasteiger partial charge in [0.25, 0.3) is 0 Å². The van der Waals surface area contributed by atoms with E-state index in [0.717, 1.165) is 11.4 Å². The van der Waals surface area contributed by atoms with Crippen molar-refractivity contribution >= 4 is 17.1 Å². The lowest BCUT2D eigenvalue weighted by Gasteiger charge is -2.33. The second-order valence-electron chi connectivity index (χ2n) is 5.30. The van der Waals surface area contributed by atoms with Crippen molar-refractivity contribution in [3.05, 3.63) is 77.9 Å². The Hall–Kier alpha value is -3.76. The van der Waals surface area contributed by atoms with Crippen molar-refractivity contribution in [3.8, 4) is 23.6 Å². The molecule has 0 saturated heterocycles. The van der Waals surface area contributed by atoms with E-state index in [0.29, 0.717) is 28.3 Å². The Labute approximate surface area is 139 Å². The van der Waals surface area contributed by atoms with E-state index in [2.05, 4.69) is 12.1 Å². The summed E-state index contributed by atoms with van der Waals surface area (Å²) in [7, 11) is 0. The van der Waals surface area contributed by atoms with Crippen molar-refractivity contribution in [2.45, 2.75) is 0 Å². The second kappa shape index (κ2) is 5.46. The SMILES string of the molecule is N#Cc1cccc(C#N)c1N1c2ccccc2Oc2ccccc21. The van der Waals surface area contributed by atoms with Gasteiger partial charge in [-0.3, -0.25) is 0 Å². The number of hydrogen-bond acceptors (Lipinski definition) is 4. The molecule has 1 aliphatic heterocycles. The Morgan fingerprint density at radius 3 is 1.67 bits per heavy atom. The molecule has 0 saturated carbocycles. The highest BCUT2D eigenvalue weighted by Gasteiger charge is 2.28. The summed E-state index contributed by atoms with van der Waals surface area (Å²) in [6.07, 6.45) is 0. The number of hydrogen-bond donors (Lipinski definition) is 0. The van der Waals surface area contributed by atoms with Crippen LogP contribution in [0.25, 0.3) is 0 Å². The van der Waals surface area contributed by atoms with Crippen LogP contribution in [-0.4, -0.2) is 0 Å². The average molecular weight is 309 g/mol. The summed E-state index contributed by atoms with van der Waals surface area (Å²) >= 11 is 0. The molecule has 0 N–H and O–H groups in total. The Balaban J connectivity index is 2.08. The van der Waals surface area contributed by atoms with Gasteiger partial charge in [0.2, 0.25) is 0 Å². The monoisotopic (exact) mass is 309 g/mol. The van der Waals surface area contributed by atoms with Crippen LogP contribution in [0.5, 0.6) is 11.5 Å². The lowest BCUT2D eigenvalue weighted by atomic mass is 10.0. The van der Waals surface area contributed by atoms with Crippen molar-refractivity contribution in [2.24, 2.45) is 0 Å². The summed E-state index contributed by atoms with van der Waals surface area (Å²) in [5.41, 5.74) is 3.07. The molecule has 112 valence electrons. The van der Waals surface area contributed by atoms with Crippen LogP contribution in [0.15, 0.2) is 66.7 Å². The Morgan fingerprint density at radius 2 is 1.17 bits per heavy atom. The Kier molecular flexibility index (Phi) is 3.16. The second-order valence-corrected chi connectivity index (χ2v) is 5.30. The van der Waals surface area contributed by atoms with Gasteiger partial charge >= 0.3 is 0 Å². The summed E-state index contributed by atoms with van der Waals surface area (Å²) in [5.74, 6) is 1.38. The molecule has 4 nitrogen and oxygen atoms in total. The molecule has 4 heteroatoms. The van der Waals surface area contributed by atoms with Crippen molar-refractivity contribution in [1.82, 2.24) is 0 Å². The van der Waals surface area contributed by atoms with Gasteiger partial charge in [-0.05, 0) is 36.4 Å². The van der Waals surface area contributed by atoms with Crippen molar-refractivity contribution < 1.29 is 4.74 Å². The molecule has 0 radical (unpaired) electrons. The standard InChI is InChI=1S/C20H11N3O/c21-12-14-6-5-7-15(13-22)20(14)23-16-8-1-3-10-18(16)24-19-11-4-2-9-17(19)23/h1-11H. The summed E-state index contributed by atoms with van der Waals surface area (Å²) in [4.78, 5) is 1.92. The van der Waals surface area contributed by atoms with Crippen LogP contribution in [-0.2, 0) is 0 Å². The van der Waals surface area contributed by atoms with Gasteiger partial charge in [0.15, 0.2) is 11.5 Å². The first-order valence-electron chi connectivity index (χ1n) is 7.42. The number of fused-ring (bicyclic) bond motifs is 2. The van der Waals surface area contributed by atoms with Gasteiger partial charge in [0, 0.05) is 0 Å². The number of benzene rings is 3. The van der Waals surface area contributed by atoms with Gasteiger partial charge in [-0.25, -0.2) is 0 Å². The highest BCUT2D eigenvalue weighted by molar-refractivity contribution is 5.90. The van der Waals surface area contributed by atoms with E-state index in [-0.39, 0.29) is 0 Å². The maximum Gasteiger partial charge on any atom is 0.151 e. The first-order chi connectivity index (χ1) is 11.8. The fourth-order valence-electron chi connectivity index (χ4n) is 2.91. The third-order valence-electron chi connectivity index (χ3n) is 3.93. The van der Waals surface area contributed by atoms with Crippen molar-refractivity contribution in [3.63, 3.8) is 0 Å². The van der Waals surface area contributed by atoms with E-state index in [4.69, 9.17) is 4.74 Å². The largest absolute Gasteiger partial charge is 0.453 e. The van der Waals surface area contributed by atoms with Crippen LogP contribution in [0.4, 0.5) is 17.1 Å². The predicted molar refractivity (Wildman–Crippen MR) is 90.6 cm³/mol. The zero-order valence-electron chi connectivity index (χ0n) is 12.6. The molecule has 3 aromatic carbocycles. The lowest BCUT2D eigenvalue weighted by Crippen LogP contribution is -2.17. The summed E-state index contributed by atoms with van der Waals surface area (Å²) < 4.78 is 5.97. The molecule has 4 rings (SSSR count). The molecule has 0 unspecified atom stereocenters. The number of rotatable bonds is 1. The maximum absolute atomic E-state index is 9.55. The molecule has 0 fully saturated rings. The highest BCUT2D eigenvalue weighted by Crippen LogP contribution is 2.51. The molecule has 1 heterocycles. The molecule has 0 aromatic heterocycles. The maximum atomic E-state index is 9.55. The third-order valence-corrected chi connectivity index (χ3v) is 3.93. The van der Waals surface area contributed by atoms with Crippen LogP contribution in [0.1, 0.15) is 11.1 Å². The van der Waals surface area contributed by atoms with E-state index < -0.39 is 0 Å². The summed E-state index contributed by atoms with van der Waals surface area (Å²) in [6.45, 7) is 0. The van der Waals surface area contributed by atoms with Gasteiger partial charge in [0.1, 0.15) is 12.1 Å². The Bertz CT molecular complexity index is 950. The molecule has 0 spiro atoms. The smallest absolute Gasteiger partial charge is 0.151 e. The molecule has 0 aliphatic carbocycles. The van der Waals surface area contributed by atoms with E-state index in [9.17, 15) is 10.5 Å². The highest BCUT2D eigenvalue weighted by atomic mass is 16.5. The number of anilines is 3. The van der Waals surface area contributed by atoms with E-state index in [1.165, 1.54) is 0 Å². The van der Waals surface area contributed by atoms with Crippen molar-refractivity contribution in [2.75, 3.05) is 4.90 Å². The van der Waals surface area contributed by atoms with Crippen LogP contribution in [0.2, 0.25) is 0 Å². The molecule has 0 bridgehead atoms. The van der Waals surface area contributed by atoms with Gasteiger partial charge in [-0.1, -0.05) is 30.3 Å². The van der Waals surface area contributed by atoms with Crippen LogP contribution < -0.4 is 9.64 Å². The van der Waals surface area contributed by atoms with Crippen LogP contribution in [0, 0.1) is 22.7 Å². The molecule has 24 heavy (non-hydrogen) atoms. The normalized spacial score (nSPS) is 11.5. The topological polar surface area (TPSA) is 60.0 Å². The number of nitriles is 2. The van der Waals surface area contributed by atoms with Crippen LogP contribution >= 0.6 is 0 Å². The lowest BCUT2D eigenvalue weighted by molar-refractivity contribution is 0.477. The summed E-state index contributed by atoms with van der Waals surface area (Å²) in [6, 6.07) is 24.7. The molecular formula is C20H11N3O. The van der Waals surface area contributed by atoms with Crippen molar-refractivity contribution in [1.29, 1.82) is 10.5 Å². The molecule has 3 aromatic rings. The fraction of sp³-hybridized carbons (Fsp3) is 0. The Morgan fingerprint density at radius 1 is 0.667 bits per heavy atom. The van der Waals surface area contributed by atoms with Gasteiger partial charge in [0.05, 0.1) is 28.2 Å². The van der Waals surface area contributed by atoms with E-state index >= 15 is 0 Å². The number of ether oxygens (including phenoxy) is 1. The van der Waals surface area contributed by atoms with Gasteiger partial charge < -0.3 is 9.64 Å². The third kappa shape index (κ3) is 1.99. The van der Waals surface area contributed by atoms with Gasteiger partial charge in [-0.2, -0.15) is 10.5 Å². The predicted octanol–water partition coefficient (Wildman–Crippen LogP) is 5.01. The quantitative estimate of drug-likeness (QED) is 0.496.